The number of hydrogen-bond acceptors (Lipinski definition) is 2. The first-order valence-corrected chi connectivity index (χ1v) is 11.1. The zero-order chi connectivity index (χ0) is 20.4. The van der Waals surface area contributed by atoms with Crippen molar-refractivity contribution in [3.63, 3.8) is 0 Å². The molecule has 0 aromatic heterocycles. The summed E-state index contributed by atoms with van der Waals surface area (Å²) in [5.41, 5.74) is 4.44. The fourth-order valence-electron chi connectivity index (χ4n) is 2.95. The van der Waals surface area contributed by atoms with E-state index in [1.807, 2.05) is 52.8 Å². The standard InChI is InChI=1S/C21H25Cl2NO2S/c1-14(2)18-7-6-8-19(15(3)4)21(18)24(20(23)13-22)27(25,26)17-11-9-16(5)10-12-17/h6-15H,1-5H3/b20-13-. The Balaban J connectivity index is 2.85. The Hall–Kier alpha value is -1.49. The first-order valence-electron chi connectivity index (χ1n) is 8.82. The van der Waals surface area contributed by atoms with E-state index >= 15 is 0 Å². The monoisotopic (exact) mass is 425 g/mol. The first kappa shape index (κ1) is 21.8. The number of aryl methyl sites for hydroxylation is 1. The van der Waals surface area contributed by atoms with Crippen molar-refractivity contribution in [2.24, 2.45) is 0 Å². The molecule has 0 atom stereocenters. The van der Waals surface area contributed by atoms with Crippen LogP contribution in [0.4, 0.5) is 5.69 Å². The van der Waals surface area contributed by atoms with Gasteiger partial charge in [0.05, 0.1) is 10.6 Å². The molecule has 27 heavy (non-hydrogen) atoms. The topological polar surface area (TPSA) is 37.4 Å². The predicted octanol–water partition coefficient (Wildman–Crippen LogP) is 6.71. The number of para-hydroxylation sites is 1. The zero-order valence-electron chi connectivity index (χ0n) is 16.2. The van der Waals surface area contributed by atoms with E-state index in [2.05, 4.69) is 0 Å². The number of benzene rings is 2. The highest BCUT2D eigenvalue weighted by molar-refractivity contribution is 7.93. The molecule has 2 rings (SSSR count). The molecule has 0 aliphatic heterocycles. The summed E-state index contributed by atoms with van der Waals surface area (Å²) < 4.78 is 28.2. The molecule has 0 N–H and O–H groups in total. The Morgan fingerprint density at radius 2 is 1.44 bits per heavy atom. The van der Waals surface area contributed by atoms with E-state index in [1.54, 1.807) is 24.3 Å². The van der Waals surface area contributed by atoms with Crippen molar-refractivity contribution < 1.29 is 8.42 Å². The van der Waals surface area contributed by atoms with E-state index in [9.17, 15) is 8.42 Å². The van der Waals surface area contributed by atoms with Crippen molar-refractivity contribution in [2.45, 2.75) is 51.3 Å². The fraction of sp³-hybridized carbons (Fsp3) is 0.333. The molecule has 0 amide bonds. The van der Waals surface area contributed by atoms with E-state index in [1.165, 1.54) is 0 Å². The number of sulfonamides is 1. The van der Waals surface area contributed by atoms with Gasteiger partial charge in [-0.3, -0.25) is 0 Å². The van der Waals surface area contributed by atoms with Gasteiger partial charge in [0.1, 0.15) is 5.16 Å². The smallest absolute Gasteiger partial charge is 0.222 e. The normalized spacial score (nSPS) is 12.7. The highest BCUT2D eigenvalue weighted by atomic mass is 35.5. The summed E-state index contributed by atoms with van der Waals surface area (Å²) in [5.74, 6) is 0.211. The molecule has 0 radical (unpaired) electrons. The number of hydrogen-bond donors (Lipinski definition) is 0. The molecule has 0 heterocycles. The molecule has 0 spiro atoms. The third-order valence-electron chi connectivity index (χ3n) is 4.39. The van der Waals surface area contributed by atoms with Gasteiger partial charge in [-0.2, -0.15) is 0 Å². The third-order valence-corrected chi connectivity index (χ3v) is 6.81. The van der Waals surface area contributed by atoms with Crippen molar-refractivity contribution >= 4 is 38.9 Å². The minimum atomic E-state index is -3.95. The van der Waals surface area contributed by atoms with Crippen LogP contribution in [0.25, 0.3) is 0 Å². The molecule has 146 valence electrons. The summed E-state index contributed by atoms with van der Waals surface area (Å²) in [7, 11) is -3.95. The molecule has 0 unspecified atom stereocenters. The number of anilines is 1. The lowest BCUT2D eigenvalue weighted by Crippen LogP contribution is -2.30. The van der Waals surface area contributed by atoms with Crippen LogP contribution in [-0.2, 0) is 10.0 Å². The number of rotatable bonds is 6. The van der Waals surface area contributed by atoms with Crippen LogP contribution in [0.3, 0.4) is 0 Å². The van der Waals surface area contributed by atoms with Crippen molar-refractivity contribution in [1.29, 1.82) is 0 Å². The van der Waals surface area contributed by atoms with Crippen LogP contribution in [0.1, 0.15) is 56.2 Å². The molecule has 0 fully saturated rings. The molecule has 0 bridgehead atoms. The van der Waals surface area contributed by atoms with Gasteiger partial charge in [0.2, 0.25) is 0 Å². The van der Waals surface area contributed by atoms with Crippen LogP contribution in [-0.4, -0.2) is 8.42 Å². The SMILES string of the molecule is Cc1ccc(S(=O)(=O)N(/C(Cl)=C\Cl)c2c(C(C)C)cccc2C(C)C)cc1. The van der Waals surface area contributed by atoms with Gasteiger partial charge in [0.15, 0.2) is 0 Å². The van der Waals surface area contributed by atoms with E-state index in [-0.39, 0.29) is 21.9 Å². The number of halogens is 2. The summed E-state index contributed by atoms with van der Waals surface area (Å²) in [6.07, 6.45) is 0. The van der Waals surface area contributed by atoms with Crippen molar-refractivity contribution in [3.05, 3.63) is 69.8 Å². The van der Waals surface area contributed by atoms with E-state index < -0.39 is 10.0 Å². The van der Waals surface area contributed by atoms with Crippen LogP contribution in [0.15, 0.2) is 58.1 Å². The Labute approximate surface area is 172 Å². The molecular weight excluding hydrogens is 401 g/mol. The summed E-state index contributed by atoms with van der Waals surface area (Å²) >= 11 is 12.2. The Morgan fingerprint density at radius 1 is 0.963 bits per heavy atom. The number of nitrogens with zero attached hydrogens (tertiary/aromatic N) is 1. The fourth-order valence-corrected chi connectivity index (χ4v) is 4.88. The van der Waals surface area contributed by atoms with Gasteiger partial charge in [0, 0.05) is 5.54 Å². The van der Waals surface area contributed by atoms with Crippen molar-refractivity contribution in [3.8, 4) is 0 Å². The molecule has 3 nitrogen and oxygen atoms in total. The molecule has 0 saturated heterocycles. The van der Waals surface area contributed by atoms with Crippen LogP contribution in [0.5, 0.6) is 0 Å². The van der Waals surface area contributed by atoms with Gasteiger partial charge in [-0.1, -0.05) is 86.8 Å². The summed E-state index contributed by atoms with van der Waals surface area (Å²) in [6, 6.07) is 12.5. The van der Waals surface area contributed by atoms with Crippen molar-refractivity contribution in [2.75, 3.05) is 4.31 Å². The maximum absolute atomic E-state index is 13.5. The molecule has 2 aromatic rings. The van der Waals surface area contributed by atoms with Gasteiger partial charge in [-0.25, -0.2) is 12.7 Å². The lowest BCUT2D eigenvalue weighted by Gasteiger charge is -2.30. The average Bonchev–Trinajstić information content (AvgIpc) is 2.61. The van der Waals surface area contributed by atoms with Crippen LogP contribution in [0, 0.1) is 6.92 Å². The average molecular weight is 426 g/mol. The predicted molar refractivity (Wildman–Crippen MR) is 115 cm³/mol. The highest BCUT2D eigenvalue weighted by Crippen LogP contribution is 2.41. The van der Waals surface area contributed by atoms with E-state index in [0.717, 1.165) is 26.5 Å². The largest absolute Gasteiger partial charge is 0.269 e. The highest BCUT2D eigenvalue weighted by Gasteiger charge is 2.32. The second-order valence-electron chi connectivity index (χ2n) is 7.11. The van der Waals surface area contributed by atoms with Gasteiger partial charge in [-0.15, -0.1) is 0 Å². The summed E-state index contributed by atoms with van der Waals surface area (Å²) in [4.78, 5) is 0.165. The molecule has 0 aliphatic rings. The molecular formula is C21H25Cl2NO2S. The lowest BCUT2D eigenvalue weighted by molar-refractivity contribution is 0.595. The quantitative estimate of drug-likeness (QED) is 0.481. The van der Waals surface area contributed by atoms with Crippen LogP contribution >= 0.6 is 23.2 Å². The van der Waals surface area contributed by atoms with Gasteiger partial charge in [-0.05, 0) is 42.0 Å². The lowest BCUT2D eigenvalue weighted by atomic mass is 9.93. The summed E-state index contributed by atoms with van der Waals surface area (Å²) in [5, 5.41) is -0.0627. The minimum absolute atomic E-state index is 0.0627. The van der Waals surface area contributed by atoms with Gasteiger partial charge in [0.25, 0.3) is 10.0 Å². The minimum Gasteiger partial charge on any atom is -0.222 e. The first-order chi connectivity index (χ1) is 12.6. The maximum atomic E-state index is 13.5. The molecule has 0 saturated carbocycles. The van der Waals surface area contributed by atoms with Crippen molar-refractivity contribution in [1.82, 2.24) is 0 Å². The molecule has 6 heteroatoms. The second kappa shape index (κ2) is 8.68. The molecule has 0 aliphatic carbocycles. The zero-order valence-corrected chi connectivity index (χ0v) is 18.5. The van der Waals surface area contributed by atoms with Crippen LogP contribution < -0.4 is 4.31 Å². The third kappa shape index (κ3) is 4.50. The van der Waals surface area contributed by atoms with E-state index in [0.29, 0.717) is 5.69 Å². The second-order valence-corrected chi connectivity index (χ2v) is 9.50. The van der Waals surface area contributed by atoms with Gasteiger partial charge >= 0.3 is 0 Å². The van der Waals surface area contributed by atoms with Gasteiger partial charge < -0.3 is 0 Å². The maximum Gasteiger partial charge on any atom is 0.269 e. The van der Waals surface area contributed by atoms with Crippen LogP contribution in [0.2, 0.25) is 0 Å². The Bertz CT molecular complexity index is 907. The molecule has 2 aromatic carbocycles. The Kier molecular flexibility index (Phi) is 7.01. The summed E-state index contributed by atoms with van der Waals surface area (Å²) in [6.45, 7) is 10.0. The van der Waals surface area contributed by atoms with E-state index in [4.69, 9.17) is 23.2 Å². The Morgan fingerprint density at radius 3 is 1.85 bits per heavy atom.